The summed E-state index contributed by atoms with van der Waals surface area (Å²) in [5.74, 6) is 0. The summed E-state index contributed by atoms with van der Waals surface area (Å²) in [6.07, 6.45) is 0. The highest BCUT2D eigenvalue weighted by atomic mass is 79.9. The van der Waals surface area contributed by atoms with Gasteiger partial charge in [0.05, 0.1) is 10.2 Å². The van der Waals surface area contributed by atoms with Crippen molar-refractivity contribution in [2.24, 2.45) is 0 Å². The first-order chi connectivity index (χ1) is 5.40. The van der Waals surface area contributed by atoms with Crippen LogP contribution < -0.4 is 0 Å². The van der Waals surface area contributed by atoms with Crippen LogP contribution in [0.2, 0.25) is 0 Å². The Morgan fingerprint density at radius 1 is 1.36 bits per heavy atom. The van der Waals surface area contributed by atoms with E-state index in [4.69, 9.17) is 0 Å². The van der Waals surface area contributed by atoms with Crippen LogP contribution in [0.4, 0.5) is 0 Å². The number of halogens is 1. The van der Waals surface area contributed by atoms with E-state index in [1.807, 2.05) is 18.2 Å². The SMILES string of the molecule is BrSc1nc2ccccc2s1. The molecule has 0 N–H and O–H groups in total. The Hall–Kier alpha value is -0.0600. The molecule has 1 aromatic heterocycles. The average molecular weight is 246 g/mol. The van der Waals surface area contributed by atoms with Crippen LogP contribution in [0.25, 0.3) is 10.2 Å². The Morgan fingerprint density at radius 3 is 2.91 bits per heavy atom. The van der Waals surface area contributed by atoms with E-state index >= 15 is 0 Å². The summed E-state index contributed by atoms with van der Waals surface area (Å²) in [4.78, 5) is 4.37. The fraction of sp³-hybridized carbons (Fsp3) is 0. The normalized spacial score (nSPS) is 10.6. The van der Waals surface area contributed by atoms with E-state index in [0.29, 0.717) is 0 Å². The van der Waals surface area contributed by atoms with Crippen molar-refractivity contribution in [2.45, 2.75) is 4.34 Å². The summed E-state index contributed by atoms with van der Waals surface area (Å²) in [6.45, 7) is 0. The van der Waals surface area contributed by atoms with Crippen molar-refractivity contribution >= 4 is 46.6 Å². The molecule has 2 rings (SSSR count). The van der Waals surface area contributed by atoms with Gasteiger partial charge in [-0.2, -0.15) is 0 Å². The van der Waals surface area contributed by atoms with Gasteiger partial charge in [-0.3, -0.25) is 0 Å². The van der Waals surface area contributed by atoms with Gasteiger partial charge in [0, 0.05) is 0 Å². The molecule has 0 aliphatic heterocycles. The van der Waals surface area contributed by atoms with Gasteiger partial charge in [-0.05, 0) is 37.1 Å². The van der Waals surface area contributed by atoms with Crippen LogP contribution in [0, 0.1) is 0 Å². The molecule has 0 radical (unpaired) electrons. The van der Waals surface area contributed by atoms with Crippen molar-refractivity contribution in [2.75, 3.05) is 0 Å². The molecule has 4 heteroatoms. The number of aromatic nitrogens is 1. The monoisotopic (exact) mass is 245 g/mol. The predicted molar refractivity (Wildman–Crippen MR) is 54.4 cm³/mol. The maximum atomic E-state index is 4.37. The summed E-state index contributed by atoms with van der Waals surface area (Å²) in [7, 11) is 1.51. The molecule has 0 fully saturated rings. The number of benzene rings is 1. The van der Waals surface area contributed by atoms with Gasteiger partial charge in [-0.15, -0.1) is 11.3 Å². The topological polar surface area (TPSA) is 12.9 Å². The summed E-state index contributed by atoms with van der Waals surface area (Å²) in [5, 5.41) is 0. The minimum Gasteiger partial charge on any atom is -0.229 e. The number of rotatable bonds is 1. The molecular formula is C7H4BrNS2. The summed E-state index contributed by atoms with van der Waals surface area (Å²) >= 11 is 5.00. The molecule has 1 aromatic carbocycles. The van der Waals surface area contributed by atoms with Crippen LogP contribution in [-0.4, -0.2) is 4.98 Å². The molecule has 0 saturated carbocycles. The molecule has 0 amide bonds. The zero-order chi connectivity index (χ0) is 7.68. The van der Waals surface area contributed by atoms with Gasteiger partial charge in [0.15, 0.2) is 4.34 Å². The highest BCUT2D eigenvalue weighted by molar-refractivity contribution is 9.50. The highest BCUT2D eigenvalue weighted by Gasteiger charge is 2.00. The zero-order valence-corrected chi connectivity index (χ0v) is 8.67. The van der Waals surface area contributed by atoms with Crippen molar-refractivity contribution in [3.63, 3.8) is 0 Å². The van der Waals surface area contributed by atoms with Crippen molar-refractivity contribution in [3.8, 4) is 0 Å². The lowest BCUT2D eigenvalue weighted by molar-refractivity contribution is 1.31. The maximum absolute atomic E-state index is 4.37. The smallest absolute Gasteiger partial charge is 0.162 e. The highest BCUT2D eigenvalue weighted by Crippen LogP contribution is 2.32. The number of thiazole rings is 1. The first-order valence-corrected chi connectivity index (χ1v) is 6.52. The lowest BCUT2D eigenvalue weighted by Gasteiger charge is -1.80. The fourth-order valence-electron chi connectivity index (χ4n) is 0.884. The molecule has 11 heavy (non-hydrogen) atoms. The van der Waals surface area contributed by atoms with E-state index < -0.39 is 0 Å². The minimum absolute atomic E-state index is 1.06. The summed E-state index contributed by atoms with van der Waals surface area (Å²) in [6, 6.07) is 8.15. The van der Waals surface area contributed by atoms with Crippen LogP contribution in [-0.2, 0) is 0 Å². The van der Waals surface area contributed by atoms with Crippen LogP contribution in [0.3, 0.4) is 0 Å². The fourth-order valence-corrected chi connectivity index (χ4v) is 2.92. The van der Waals surface area contributed by atoms with E-state index in [2.05, 4.69) is 25.9 Å². The van der Waals surface area contributed by atoms with Crippen molar-refractivity contribution in [3.05, 3.63) is 24.3 Å². The Kier molecular flexibility index (Phi) is 2.16. The standard InChI is InChI=1S/C7H4BrNS2/c8-11-7-9-5-3-1-2-4-6(5)10-7/h1-4H. The Balaban J connectivity index is 2.69. The second kappa shape index (κ2) is 3.13. The van der Waals surface area contributed by atoms with E-state index in [-0.39, 0.29) is 0 Å². The molecule has 2 aromatic rings. The third kappa shape index (κ3) is 1.43. The predicted octanol–water partition coefficient (Wildman–Crippen LogP) is 3.70. The Labute approximate surface area is 80.0 Å². The van der Waals surface area contributed by atoms with Gasteiger partial charge in [0.1, 0.15) is 0 Å². The summed E-state index contributed by atoms with van der Waals surface area (Å²) < 4.78 is 2.31. The molecule has 0 spiro atoms. The van der Waals surface area contributed by atoms with E-state index in [0.717, 1.165) is 9.86 Å². The molecule has 0 aliphatic rings. The van der Waals surface area contributed by atoms with Gasteiger partial charge in [-0.1, -0.05) is 12.1 Å². The number of hydrogen-bond acceptors (Lipinski definition) is 3. The second-order valence-electron chi connectivity index (χ2n) is 2.02. The van der Waals surface area contributed by atoms with E-state index in [1.165, 1.54) is 14.9 Å². The van der Waals surface area contributed by atoms with Crippen LogP contribution in [0.5, 0.6) is 0 Å². The quantitative estimate of drug-likeness (QED) is 0.760. The number of para-hydroxylation sites is 1. The molecule has 0 aliphatic carbocycles. The first kappa shape index (κ1) is 7.58. The molecule has 1 nitrogen and oxygen atoms in total. The number of hydrogen-bond donors (Lipinski definition) is 0. The van der Waals surface area contributed by atoms with Gasteiger partial charge in [0.25, 0.3) is 0 Å². The van der Waals surface area contributed by atoms with Crippen molar-refractivity contribution in [1.29, 1.82) is 0 Å². The molecule has 0 atom stereocenters. The lowest BCUT2D eigenvalue weighted by atomic mass is 10.3. The van der Waals surface area contributed by atoms with Gasteiger partial charge in [-0.25, -0.2) is 4.98 Å². The molecular weight excluding hydrogens is 242 g/mol. The largest absolute Gasteiger partial charge is 0.229 e. The third-order valence-electron chi connectivity index (χ3n) is 1.34. The van der Waals surface area contributed by atoms with Gasteiger partial charge < -0.3 is 0 Å². The van der Waals surface area contributed by atoms with Crippen molar-refractivity contribution in [1.82, 2.24) is 4.98 Å². The third-order valence-corrected chi connectivity index (χ3v) is 4.46. The van der Waals surface area contributed by atoms with Crippen LogP contribution in [0.1, 0.15) is 0 Å². The molecule has 0 bridgehead atoms. The number of fused-ring (bicyclic) bond motifs is 1. The number of nitrogens with zero attached hydrogens (tertiary/aromatic N) is 1. The first-order valence-electron chi connectivity index (χ1n) is 3.04. The molecule has 0 unspecified atom stereocenters. The van der Waals surface area contributed by atoms with Gasteiger partial charge >= 0.3 is 0 Å². The molecule has 1 heterocycles. The molecule has 0 saturated heterocycles. The average Bonchev–Trinajstić information content (AvgIpc) is 2.46. The maximum Gasteiger partial charge on any atom is 0.162 e. The Morgan fingerprint density at radius 2 is 2.18 bits per heavy atom. The van der Waals surface area contributed by atoms with Crippen molar-refractivity contribution < 1.29 is 0 Å². The summed E-state index contributed by atoms with van der Waals surface area (Å²) in [5.41, 5.74) is 1.08. The van der Waals surface area contributed by atoms with E-state index in [1.54, 1.807) is 11.3 Å². The minimum atomic E-state index is 1.06. The Bertz CT molecular complexity index is 338. The van der Waals surface area contributed by atoms with Crippen LogP contribution >= 0.6 is 36.3 Å². The van der Waals surface area contributed by atoms with Crippen LogP contribution in [0.15, 0.2) is 28.6 Å². The van der Waals surface area contributed by atoms with E-state index in [9.17, 15) is 0 Å². The molecule has 56 valence electrons. The van der Waals surface area contributed by atoms with Gasteiger partial charge in [0.2, 0.25) is 0 Å². The lowest BCUT2D eigenvalue weighted by Crippen LogP contribution is -1.63. The zero-order valence-electron chi connectivity index (χ0n) is 5.45. The second-order valence-corrected chi connectivity index (χ2v) is 4.83.